The van der Waals surface area contributed by atoms with Crippen LogP contribution in [0, 0.1) is 0 Å². The van der Waals surface area contributed by atoms with Crippen molar-refractivity contribution >= 4 is 23.5 Å². The quantitative estimate of drug-likeness (QED) is 0.247. The molecule has 9 nitrogen and oxygen atoms in total. The number of aromatic nitrogens is 4. The Morgan fingerprint density at radius 1 is 0.976 bits per heavy atom. The summed E-state index contributed by atoms with van der Waals surface area (Å²) in [5.41, 5.74) is 0.959. The fourth-order valence-electron chi connectivity index (χ4n) is 3.31. The molecule has 2 aromatic carbocycles. The first-order valence-corrected chi connectivity index (χ1v) is 12.0. The highest BCUT2D eigenvalue weighted by Crippen LogP contribution is 2.37. The van der Waals surface area contributed by atoms with Crippen molar-refractivity contribution in [1.82, 2.24) is 19.9 Å². The average Bonchev–Trinajstić information content (AvgIpc) is 2.92. The number of H-pyrrole nitrogens is 1. The molecule has 16 heteroatoms. The van der Waals surface area contributed by atoms with E-state index in [1.165, 1.54) is 18.6 Å². The zero-order valence-electron chi connectivity index (χ0n) is 21.4. The van der Waals surface area contributed by atoms with E-state index in [9.17, 15) is 31.1 Å². The van der Waals surface area contributed by atoms with Gasteiger partial charge < -0.3 is 14.7 Å². The second-order valence-electron chi connectivity index (χ2n) is 8.53. The molecule has 0 spiro atoms. The van der Waals surface area contributed by atoms with Crippen molar-refractivity contribution in [3.63, 3.8) is 0 Å². The summed E-state index contributed by atoms with van der Waals surface area (Å²) in [6.45, 7) is 0.425. The molecule has 0 unspecified atom stereocenters. The van der Waals surface area contributed by atoms with Gasteiger partial charge in [-0.2, -0.15) is 26.3 Å². The Balaban J connectivity index is 0.000000616. The van der Waals surface area contributed by atoms with Gasteiger partial charge in [0.1, 0.15) is 17.8 Å². The van der Waals surface area contributed by atoms with Gasteiger partial charge >= 0.3 is 18.3 Å². The van der Waals surface area contributed by atoms with E-state index in [0.29, 0.717) is 30.2 Å². The van der Waals surface area contributed by atoms with Crippen LogP contribution in [0.1, 0.15) is 22.3 Å². The van der Waals surface area contributed by atoms with Crippen LogP contribution in [0.15, 0.2) is 72.2 Å². The number of rotatable bonds is 7. The molecule has 2 aromatic heterocycles. The number of hydrogen-bond donors (Lipinski definition) is 2. The third kappa shape index (κ3) is 9.19. The SMILES string of the molecule is CN(Cc1ccc(Oc2ccc(Cl)c(C(F)(F)F)c2)cc1)c1ncc(Cc2cncnc2)c(=O)[nH]1.O=C(O)C(F)(F)F. The number of ether oxygens (including phenoxy) is 1. The number of benzene rings is 2. The van der Waals surface area contributed by atoms with Crippen molar-refractivity contribution in [3.05, 3.63) is 105 Å². The van der Waals surface area contributed by atoms with Crippen molar-refractivity contribution in [3.8, 4) is 11.5 Å². The number of halogens is 7. The van der Waals surface area contributed by atoms with Crippen LogP contribution in [0.4, 0.5) is 32.3 Å². The molecule has 0 amide bonds. The first-order chi connectivity index (χ1) is 19.6. The van der Waals surface area contributed by atoms with Crippen molar-refractivity contribution < 1.29 is 41.0 Å². The van der Waals surface area contributed by atoms with Crippen LogP contribution < -0.4 is 15.2 Å². The third-order valence-corrected chi connectivity index (χ3v) is 5.62. The summed E-state index contributed by atoms with van der Waals surface area (Å²) in [4.78, 5) is 38.1. The van der Waals surface area contributed by atoms with E-state index < -0.39 is 28.9 Å². The molecule has 2 heterocycles. The highest BCUT2D eigenvalue weighted by Gasteiger charge is 2.38. The number of nitrogens with one attached hydrogen (secondary N) is 1. The molecule has 4 aromatic rings. The highest BCUT2D eigenvalue weighted by molar-refractivity contribution is 6.31. The largest absolute Gasteiger partial charge is 0.490 e. The van der Waals surface area contributed by atoms with Gasteiger partial charge in [-0.3, -0.25) is 9.78 Å². The Kier molecular flexibility index (Phi) is 10.1. The number of nitrogens with zero attached hydrogens (tertiary/aromatic N) is 4. The lowest BCUT2D eigenvalue weighted by Crippen LogP contribution is -2.24. The molecular formula is C26H20ClF6N5O4. The van der Waals surface area contributed by atoms with Crippen LogP contribution >= 0.6 is 11.6 Å². The Morgan fingerprint density at radius 2 is 1.57 bits per heavy atom. The van der Waals surface area contributed by atoms with E-state index in [1.807, 2.05) is 0 Å². The van der Waals surface area contributed by atoms with Crippen LogP contribution in [0.25, 0.3) is 0 Å². The number of alkyl halides is 6. The summed E-state index contributed by atoms with van der Waals surface area (Å²) in [5.74, 6) is -1.97. The Bertz CT molecular complexity index is 1560. The lowest BCUT2D eigenvalue weighted by molar-refractivity contribution is -0.192. The summed E-state index contributed by atoms with van der Waals surface area (Å²) in [6, 6.07) is 10.2. The molecular weight excluding hydrogens is 596 g/mol. The zero-order valence-corrected chi connectivity index (χ0v) is 22.1. The summed E-state index contributed by atoms with van der Waals surface area (Å²) in [6.07, 6.45) is -3.06. The van der Waals surface area contributed by atoms with Gasteiger partial charge in [0.15, 0.2) is 0 Å². The summed E-state index contributed by atoms with van der Waals surface area (Å²) in [5, 5.41) is 6.73. The van der Waals surface area contributed by atoms with Crippen LogP contribution in [0.5, 0.6) is 11.5 Å². The minimum atomic E-state index is -5.08. The third-order valence-electron chi connectivity index (χ3n) is 5.29. The number of hydrogen-bond acceptors (Lipinski definition) is 7. The monoisotopic (exact) mass is 615 g/mol. The minimum Gasteiger partial charge on any atom is -0.475 e. The van der Waals surface area contributed by atoms with E-state index in [1.54, 1.807) is 48.6 Å². The topological polar surface area (TPSA) is 121 Å². The summed E-state index contributed by atoms with van der Waals surface area (Å²) >= 11 is 5.65. The predicted molar refractivity (Wildman–Crippen MR) is 138 cm³/mol. The number of aromatic amines is 1. The smallest absolute Gasteiger partial charge is 0.475 e. The Hall–Kier alpha value is -4.66. The second-order valence-corrected chi connectivity index (χ2v) is 8.94. The summed E-state index contributed by atoms with van der Waals surface area (Å²) < 4.78 is 76.4. The van der Waals surface area contributed by atoms with E-state index >= 15 is 0 Å². The maximum Gasteiger partial charge on any atom is 0.490 e. The Labute approximate surface area is 238 Å². The van der Waals surface area contributed by atoms with Crippen molar-refractivity contribution in [1.29, 1.82) is 0 Å². The van der Waals surface area contributed by atoms with Gasteiger partial charge in [-0.25, -0.2) is 19.7 Å². The molecule has 0 aliphatic carbocycles. The van der Waals surface area contributed by atoms with Gasteiger partial charge in [0.25, 0.3) is 5.56 Å². The minimum absolute atomic E-state index is 0.0236. The van der Waals surface area contributed by atoms with Crippen LogP contribution in [-0.4, -0.2) is 44.2 Å². The highest BCUT2D eigenvalue weighted by atomic mass is 35.5. The van der Waals surface area contributed by atoms with Gasteiger partial charge in [-0.05, 0) is 41.5 Å². The predicted octanol–water partition coefficient (Wildman–Crippen LogP) is 5.88. The first-order valence-electron chi connectivity index (χ1n) is 11.6. The molecule has 0 bridgehead atoms. The van der Waals surface area contributed by atoms with E-state index in [-0.39, 0.29) is 11.3 Å². The maximum absolute atomic E-state index is 13.1. The fourth-order valence-corrected chi connectivity index (χ4v) is 3.53. The van der Waals surface area contributed by atoms with Crippen LogP contribution in [0.2, 0.25) is 5.02 Å². The molecule has 0 radical (unpaired) electrons. The zero-order chi connectivity index (χ0) is 31.1. The number of anilines is 1. The molecule has 2 N–H and O–H groups in total. The molecule has 4 rings (SSSR count). The number of carbonyl (C=O) groups is 1. The number of carboxylic acids is 1. The molecule has 0 saturated carbocycles. The van der Waals surface area contributed by atoms with Gasteiger partial charge in [0, 0.05) is 44.2 Å². The van der Waals surface area contributed by atoms with E-state index in [4.69, 9.17) is 26.2 Å². The van der Waals surface area contributed by atoms with E-state index in [2.05, 4.69) is 19.9 Å². The molecule has 0 atom stereocenters. The molecule has 222 valence electrons. The maximum atomic E-state index is 13.1. The lowest BCUT2D eigenvalue weighted by Gasteiger charge is -2.18. The number of carboxylic acid groups (broad SMARTS) is 1. The van der Waals surface area contributed by atoms with Crippen molar-refractivity contribution in [2.24, 2.45) is 0 Å². The van der Waals surface area contributed by atoms with Gasteiger partial charge in [0.2, 0.25) is 5.95 Å². The molecule has 0 saturated heterocycles. The molecule has 0 aliphatic heterocycles. The molecule has 0 fully saturated rings. The molecule has 0 aliphatic rings. The van der Waals surface area contributed by atoms with Gasteiger partial charge in [-0.15, -0.1) is 0 Å². The van der Waals surface area contributed by atoms with Gasteiger partial charge in [-0.1, -0.05) is 23.7 Å². The molecule has 42 heavy (non-hydrogen) atoms. The fraction of sp³-hybridized carbons (Fsp3) is 0.192. The van der Waals surface area contributed by atoms with Gasteiger partial charge in [0.05, 0.1) is 10.6 Å². The van der Waals surface area contributed by atoms with Crippen molar-refractivity contribution in [2.75, 3.05) is 11.9 Å². The normalized spacial score (nSPS) is 11.3. The standard InChI is InChI=1S/C24H19ClF3N5O2.C2HF3O2/c1-33(23-31-12-17(22(34)32-23)8-16-10-29-14-30-11-16)13-15-2-4-18(5-3-15)35-19-6-7-21(25)20(9-19)24(26,27)28;3-2(4,5)1(6)7/h2-7,9-12,14H,8,13H2,1H3,(H,31,32,34);(H,6,7). The van der Waals surface area contributed by atoms with Crippen molar-refractivity contribution in [2.45, 2.75) is 25.3 Å². The Morgan fingerprint density at radius 3 is 2.12 bits per heavy atom. The second kappa shape index (κ2) is 13.3. The van der Waals surface area contributed by atoms with Crippen LogP contribution in [-0.2, 0) is 23.9 Å². The average molecular weight is 616 g/mol. The first kappa shape index (κ1) is 31.9. The van der Waals surface area contributed by atoms with Crippen LogP contribution in [0.3, 0.4) is 0 Å². The number of aliphatic carboxylic acids is 1. The summed E-state index contributed by atoms with van der Waals surface area (Å²) in [7, 11) is 1.78. The lowest BCUT2D eigenvalue weighted by atomic mass is 10.1. The van der Waals surface area contributed by atoms with E-state index in [0.717, 1.165) is 23.3 Å².